The molecular formula is C31H37Cl2N3O6S. The van der Waals surface area contributed by atoms with E-state index >= 15 is 0 Å². The van der Waals surface area contributed by atoms with E-state index in [0.29, 0.717) is 33.7 Å². The van der Waals surface area contributed by atoms with Crippen LogP contribution in [-0.4, -0.2) is 64.7 Å². The highest BCUT2D eigenvalue weighted by atomic mass is 35.5. The number of anilines is 1. The van der Waals surface area contributed by atoms with Crippen molar-refractivity contribution in [2.75, 3.05) is 37.9 Å². The number of amides is 2. The molecule has 0 saturated carbocycles. The molecule has 1 atom stereocenters. The second-order valence-corrected chi connectivity index (χ2v) is 13.2. The number of sulfonamides is 1. The lowest BCUT2D eigenvalue weighted by Crippen LogP contribution is -2.53. The number of carbonyl (C=O) groups excluding carboxylic acids is 2. The molecule has 12 heteroatoms. The van der Waals surface area contributed by atoms with E-state index < -0.39 is 28.5 Å². The van der Waals surface area contributed by atoms with Crippen LogP contribution < -0.4 is 19.1 Å². The summed E-state index contributed by atoms with van der Waals surface area (Å²) in [6.45, 7) is 3.69. The van der Waals surface area contributed by atoms with Gasteiger partial charge in [-0.25, -0.2) is 8.42 Å². The van der Waals surface area contributed by atoms with Crippen molar-refractivity contribution in [3.05, 3.63) is 87.9 Å². The summed E-state index contributed by atoms with van der Waals surface area (Å²) in [5.41, 5.74) is 1.57. The Balaban J connectivity index is 2.10. The van der Waals surface area contributed by atoms with Crippen LogP contribution >= 0.6 is 23.2 Å². The third kappa shape index (κ3) is 9.51. The van der Waals surface area contributed by atoms with Gasteiger partial charge in [0.2, 0.25) is 21.8 Å². The minimum Gasteiger partial charge on any atom is -0.493 e. The maximum absolute atomic E-state index is 14.2. The Labute approximate surface area is 263 Å². The standard InChI is InChI=1S/C31H37Cl2N3O6S/c1-21(2)18-34-31(38)27(15-22-9-7-6-8-10-22)35(19-23-11-12-24(32)16-26(23)33)30(37)20-36(43(5,39)40)25-13-14-28(41-3)29(17-25)42-4/h6-14,16-17,21,27H,15,18-20H2,1-5H3,(H,34,38)/t27-/m1/s1. The van der Waals surface area contributed by atoms with Crippen LogP contribution in [0.1, 0.15) is 25.0 Å². The smallest absolute Gasteiger partial charge is 0.244 e. The number of hydrogen-bond donors (Lipinski definition) is 1. The van der Waals surface area contributed by atoms with Gasteiger partial charge < -0.3 is 19.7 Å². The summed E-state index contributed by atoms with van der Waals surface area (Å²) in [6, 6.07) is 17.7. The van der Waals surface area contributed by atoms with Gasteiger partial charge in [-0.1, -0.05) is 73.4 Å². The monoisotopic (exact) mass is 649 g/mol. The molecule has 232 valence electrons. The van der Waals surface area contributed by atoms with Gasteiger partial charge in [-0.2, -0.15) is 0 Å². The molecule has 0 saturated heterocycles. The zero-order valence-electron chi connectivity index (χ0n) is 24.8. The van der Waals surface area contributed by atoms with Crippen LogP contribution in [0.3, 0.4) is 0 Å². The van der Waals surface area contributed by atoms with E-state index in [1.54, 1.807) is 24.3 Å². The Kier molecular flexibility index (Phi) is 12.1. The van der Waals surface area contributed by atoms with Crippen LogP contribution in [0.4, 0.5) is 5.69 Å². The van der Waals surface area contributed by atoms with Crippen LogP contribution in [0.2, 0.25) is 10.0 Å². The Morgan fingerprint density at radius 1 is 0.930 bits per heavy atom. The quantitative estimate of drug-likeness (QED) is 0.258. The molecule has 0 aliphatic carbocycles. The number of hydrogen-bond acceptors (Lipinski definition) is 6. The van der Waals surface area contributed by atoms with Gasteiger partial charge in [-0.05, 0) is 41.3 Å². The van der Waals surface area contributed by atoms with Crippen LogP contribution in [0.25, 0.3) is 0 Å². The number of carbonyl (C=O) groups is 2. The van der Waals surface area contributed by atoms with Crippen LogP contribution in [0.15, 0.2) is 66.7 Å². The van der Waals surface area contributed by atoms with Crippen molar-refractivity contribution >= 4 is 50.7 Å². The summed E-state index contributed by atoms with van der Waals surface area (Å²) >= 11 is 12.6. The number of ether oxygens (including phenoxy) is 2. The summed E-state index contributed by atoms with van der Waals surface area (Å²) in [7, 11) is -1.06. The first-order valence-electron chi connectivity index (χ1n) is 13.6. The first-order chi connectivity index (χ1) is 20.3. The van der Waals surface area contributed by atoms with E-state index in [2.05, 4.69) is 5.32 Å². The summed E-state index contributed by atoms with van der Waals surface area (Å²) in [4.78, 5) is 29.3. The average Bonchev–Trinajstić information content (AvgIpc) is 2.96. The molecule has 0 aromatic heterocycles. The van der Waals surface area contributed by atoms with Gasteiger partial charge in [-0.15, -0.1) is 0 Å². The van der Waals surface area contributed by atoms with Crippen molar-refractivity contribution in [1.29, 1.82) is 0 Å². The van der Waals surface area contributed by atoms with Crippen molar-refractivity contribution < 1.29 is 27.5 Å². The number of nitrogens with one attached hydrogen (secondary N) is 1. The van der Waals surface area contributed by atoms with Crippen LogP contribution in [0, 0.1) is 5.92 Å². The summed E-state index contributed by atoms with van der Waals surface area (Å²) in [5.74, 6) is -0.113. The lowest BCUT2D eigenvalue weighted by atomic mass is 10.0. The number of rotatable bonds is 14. The number of methoxy groups -OCH3 is 2. The molecule has 3 aromatic rings. The van der Waals surface area contributed by atoms with Gasteiger partial charge in [-0.3, -0.25) is 13.9 Å². The highest BCUT2D eigenvalue weighted by Gasteiger charge is 2.33. The molecule has 43 heavy (non-hydrogen) atoms. The SMILES string of the molecule is COc1ccc(N(CC(=O)N(Cc2ccc(Cl)cc2Cl)[C@H](Cc2ccccc2)C(=O)NCC(C)C)S(C)(=O)=O)cc1OC. The van der Waals surface area contributed by atoms with E-state index in [1.807, 2.05) is 44.2 Å². The fourth-order valence-electron chi connectivity index (χ4n) is 4.40. The fraction of sp³-hybridized carbons (Fsp3) is 0.355. The number of halogens is 2. The number of benzene rings is 3. The summed E-state index contributed by atoms with van der Waals surface area (Å²) in [5, 5.41) is 3.67. The molecule has 0 spiro atoms. The molecule has 0 bridgehead atoms. The second kappa shape index (κ2) is 15.3. The first-order valence-corrected chi connectivity index (χ1v) is 16.2. The topological polar surface area (TPSA) is 105 Å². The molecule has 9 nitrogen and oxygen atoms in total. The van der Waals surface area contributed by atoms with Crippen molar-refractivity contribution in [3.63, 3.8) is 0 Å². The largest absolute Gasteiger partial charge is 0.493 e. The molecule has 0 unspecified atom stereocenters. The van der Waals surface area contributed by atoms with Gasteiger partial charge in [0.25, 0.3) is 0 Å². The maximum Gasteiger partial charge on any atom is 0.244 e. The zero-order valence-corrected chi connectivity index (χ0v) is 27.2. The minimum atomic E-state index is -3.96. The summed E-state index contributed by atoms with van der Waals surface area (Å²) in [6.07, 6.45) is 1.20. The van der Waals surface area contributed by atoms with Crippen LogP contribution in [0.5, 0.6) is 11.5 Å². The molecule has 0 heterocycles. The second-order valence-electron chi connectivity index (χ2n) is 10.4. The Bertz CT molecular complexity index is 1520. The van der Waals surface area contributed by atoms with E-state index in [4.69, 9.17) is 32.7 Å². The maximum atomic E-state index is 14.2. The van der Waals surface area contributed by atoms with Crippen molar-refractivity contribution in [2.24, 2.45) is 5.92 Å². The third-order valence-electron chi connectivity index (χ3n) is 6.65. The Morgan fingerprint density at radius 2 is 1.60 bits per heavy atom. The van der Waals surface area contributed by atoms with Gasteiger partial charge in [0.1, 0.15) is 12.6 Å². The van der Waals surface area contributed by atoms with Crippen molar-refractivity contribution in [2.45, 2.75) is 32.9 Å². The molecule has 3 aromatic carbocycles. The lowest BCUT2D eigenvalue weighted by Gasteiger charge is -2.34. The molecule has 1 N–H and O–H groups in total. The molecule has 0 radical (unpaired) electrons. The molecule has 0 fully saturated rings. The fourth-order valence-corrected chi connectivity index (χ4v) is 5.71. The predicted molar refractivity (Wildman–Crippen MR) is 171 cm³/mol. The third-order valence-corrected chi connectivity index (χ3v) is 8.37. The van der Waals surface area contributed by atoms with E-state index in [-0.39, 0.29) is 30.5 Å². The molecule has 0 aliphatic rings. The van der Waals surface area contributed by atoms with Crippen molar-refractivity contribution in [1.82, 2.24) is 10.2 Å². The predicted octanol–water partition coefficient (Wildman–Crippen LogP) is 5.19. The normalized spacial score (nSPS) is 12.0. The van der Waals surface area contributed by atoms with E-state index in [0.717, 1.165) is 16.1 Å². The van der Waals surface area contributed by atoms with Crippen LogP contribution in [-0.2, 0) is 32.6 Å². The number of nitrogens with zero attached hydrogens (tertiary/aromatic N) is 2. The van der Waals surface area contributed by atoms with E-state index in [1.165, 1.54) is 31.3 Å². The van der Waals surface area contributed by atoms with Crippen molar-refractivity contribution in [3.8, 4) is 11.5 Å². The average molecular weight is 651 g/mol. The lowest BCUT2D eigenvalue weighted by molar-refractivity contribution is -0.140. The van der Waals surface area contributed by atoms with Gasteiger partial charge >= 0.3 is 0 Å². The minimum absolute atomic E-state index is 0.0645. The molecule has 3 rings (SSSR count). The first kappa shape index (κ1) is 34.0. The molecular weight excluding hydrogens is 613 g/mol. The Hall–Kier alpha value is -3.47. The Morgan fingerprint density at radius 3 is 2.19 bits per heavy atom. The zero-order chi connectivity index (χ0) is 31.7. The summed E-state index contributed by atoms with van der Waals surface area (Å²) < 4.78 is 37.7. The van der Waals surface area contributed by atoms with E-state index in [9.17, 15) is 18.0 Å². The van der Waals surface area contributed by atoms with Gasteiger partial charge in [0, 0.05) is 35.6 Å². The van der Waals surface area contributed by atoms with Gasteiger partial charge in [0.05, 0.1) is 26.2 Å². The molecule has 0 aliphatic heterocycles. The molecule has 2 amide bonds. The highest BCUT2D eigenvalue weighted by Crippen LogP contribution is 2.33. The highest BCUT2D eigenvalue weighted by molar-refractivity contribution is 7.92. The van der Waals surface area contributed by atoms with Gasteiger partial charge in [0.15, 0.2) is 11.5 Å².